The summed E-state index contributed by atoms with van der Waals surface area (Å²) in [7, 11) is -1.96. The van der Waals surface area contributed by atoms with E-state index in [9.17, 15) is 4.79 Å². The van der Waals surface area contributed by atoms with Crippen molar-refractivity contribution < 1.29 is 18.7 Å². The van der Waals surface area contributed by atoms with Gasteiger partial charge in [-0.15, -0.1) is 0 Å². The molecule has 13 atom stereocenters. The van der Waals surface area contributed by atoms with Crippen LogP contribution in [0.3, 0.4) is 0 Å². The summed E-state index contributed by atoms with van der Waals surface area (Å²) in [6.07, 6.45) is 9.62. The normalized spacial score (nSPS) is 49.6. The first-order valence-corrected chi connectivity index (χ1v) is 21.4. The number of nitrogens with two attached hydrogens (primary N) is 1. The number of rotatable bonds is 8. The average molecular weight is 630 g/mol. The van der Waals surface area contributed by atoms with Crippen molar-refractivity contribution in [3.8, 4) is 0 Å². The first kappa shape index (κ1) is 33.3. The standard InChI is InChI=1S/C38H67NO4Si/c1-12-44(13-2,14-3)43-32-31-29(24(6)21-26(41-31)30(23(4)5)42-33(39)40)35(10)19-20-38-22-37(38)18-17-25(7)34(8,9)27(37)15-16-28(38)36(32,35)11/h23-32H,12-22H2,1-11H3,(H2,39,40)/t24-,25+,26-,27+,28+,29+,30-,31+,32+,35-,36-,37-,38+/m1/s1. The van der Waals surface area contributed by atoms with Crippen LogP contribution in [-0.4, -0.2) is 38.8 Å². The van der Waals surface area contributed by atoms with Gasteiger partial charge in [0.15, 0.2) is 8.32 Å². The van der Waals surface area contributed by atoms with Gasteiger partial charge >= 0.3 is 6.09 Å². The Bertz CT molecular complexity index is 1110. The molecule has 6 heteroatoms. The fourth-order valence-corrected chi connectivity index (χ4v) is 16.8. The van der Waals surface area contributed by atoms with E-state index < -0.39 is 14.4 Å². The molecule has 2 N–H and O–H groups in total. The fraction of sp³-hybridized carbons (Fsp3) is 0.974. The minimum absolute atomic E-state index is 0.0402. The summed E-state index contributed by atoms with van der Waals surface area (Å²) in [5, 5.41) is 0. The molecule has 1 aliphatic heterocycles. The van der Waals surface area contributed by atoms with Crippen molar-refractivity contribution in [2.75, 3.05) is 0 Å². The van der Waals surface area contributed by atoms with E-state index in [1.165, 1.54) is 44.9 Å². The van der Waals surface area contributed by atoms with Crippen LogP contribution in [0.4, 0.5) is 4.79 Å². The monoisotopic (exact) mass is 629 g/mol. The molecule has 5 aliphatic carbocycles. The lowest BCUT2D eigenvalue weighted by Crippen LogP contribution is -2.60. The van der Waals surface area contributed by atoms with Crippen molar-refractivity contribution in [2.24, 2.45) is 68.3 Å². The van der Waals surface area contributed by atoms with Crippen molar-refractivity contribution >= 4 is 14.4 Å². The maximum Gasteiger partial charge on any atom is 0.404 e. The van der Waals surface area contributed by atoms with E-state index in [-0.39, 0.29) is 41.2 Å². The Hall–Kier alpha value is -0.593. The van der Waals surface area contributed by atoms with Gasteiger partial charge in [0.25, 0.3) is 0 Å². The zero-order valence-electron chi connectivity index (χ0n) is 30.3. The summed E-state index contributed by atoms with van der Waals surface area (Å²) >= 11 is 0. The molecule has 2 spiro atoms. The van der Waals surface area contributed by atoms with Crippen molar-refractivity contribution in [1.29, 1.82) is 0 Å². The number of carbonyl (C=O) groups is 1. The van der Waals surface area contributed by atoms with Crippen LogP contribution >= 0.6 is 0 Å². The highest BCUT2D eigenvalue weighted by Gasteiger charge is 2.84. The molecule has 6 aliphatic rings. The quantitative estimate of drug-likeness (QED) is 0.271. The third-order valence-electron chi connectivity index (χ3n) is 16.9. The van der Waals surface area contributed by atoms with E-state index in [0.717, 1.165) is 36.4 Å². The van der Waals surface area contributed by atoms with Gasteiger partial charge in [0.1, 0.15) is 6.10 Å². The van der Waals surface area contributed by atoms with Gasteiger partial charge in [-0.05, 0) is 127 Å². The number of hydrogen-bond acceptors (Lipinski definition) is 4. The predicted octanol–water partition coefficient (Wildman–Crippen LogP) is 9.59. The Morgan fingerprint density at radius 2 is 1.55 bits per heavy atom. The zero-order chi connectivity index (χ0) is 32.3. The van der Waals surface area contributed by atoms with Gasteiger partial charge < -0.3 is 19.6 Å². The maximum absolute atomic E-state index is 12.0. The Balaban J connectivity index is 1.45. The molecule has 6 rings (SSSR count). The first-order valence-electron chi connectivity index (χ1n) is 18.8. The van der Waals surface area contributed by atoms with Crippen LogP contribution < -0.4 is 5.73 Å². The number of hydrogen-bond donors (Lipinski definition) is 1. The van der Waals surface area contributed by atoms with Crippen LogP contribution in [0.1, 0.15) is 128 Å². The smallest absolute Gasteiger partial charge is 0.404 e. The molecule has 0 aromatic carbocycles. The number of fused-ring (bicyclic) bond motifs is 4. The number of primary amides is 1. The molecule has 6 fully saturated rings. The molecule has 252 valence electrons. The summed E-state index contributed by atoms with van der Waals surface area (Å²) in [6, 6.07) is 3.48. The first-order chi connectivity index (χ1) is 20.5. The van der Waals surface area contributed by atoms with Crippen LogP contribution in [0.25, 0.3) is 0 Å². The van der Waals surface area contributed by atoms with Gasteiger partial charge in [-0.1, -0.05) is 76.2 Å². The summed E-state index contributed by atoms with van der Waals surface area (Å²) in [6.45, 7) is 27.0. The SMILES string of the molecule is CC[Si](CC)(CC)O[C@H]1[C@H]2O[C@@H]([C@H](OC(N)=O)C(C)C)C[C@@H](C)[C@@H]2[C@@]2(C)CC[C@@]34C[C@@]35CC[C@H](C)C(C)(C)[C@@H]5CC[C@H]4[C@]12C. The molecule has 44 heavy (non-hydrogen) atoms. The minimum atomic E-state index is -1.96. The number of carbonyl (C=O) groups excluding carboxylic acids is 1. The number of amides is 1. The predicted molar refractivity (Wildman–Crippen MR) is 181 cm³/mol. The lowest BCUT2D eigenvalue weighted by molar-refractivity contribution is -0.177. The summed E-state index contributed by atoms with van der Waals surface area (Å²) in [5.41, 5.74) is 7.30. The Morgan fingerprint density at radius 3 is 2.14 bits per heavy atom. The van der Waals surface area contributed by atoms with E-state index in [1.807, 2.05) is 0 Å². The molecule has 5 nitrogen and oxygen atoms in total. The lowest BCUT2D eigenvalue weighted by Gasteiger charge is -2.64. The second kappa shape index (κ2) is 10.7. The molecule has 0 radical (unpaired) electrons. The topological polar surface area (TPSA) is 70.8 Å². The summed E-state index contributed by atoms with van der Waals surface area (Å²) < 4.78 is 21.0. The molecule has 0 aromatic rings. The average Bonchev–Trinajstić information content (AvgIpc) is 3.59. The van der Waals surface area contributed by atoms with Gasteiger partial charge in [0.05, 0.1) is 18.3 Å². The summed E-state index contributed by atoms with van der Waals surface area (Å²) in [4.78, 5) is 12.0. The number of ether oxygens (including phenoxy) is 2. The highest BCUT2D eigenvalue weighted by molar-refractivity contribution is 6.73. The highest BCUT2D eigenvalue weighted by Crippen LogP contribution is 2.89. The fourth-order valence-electron chi connectivity index (χ4n) is 13.9. The van der Waals surface area contributed by atoms with Crippen molar-refractivity contribution in [3.05, 3.63) is 0 Å². The van der Waals surface area contributed by atoms with E-state index in [4.69, 9.17) is 19.6 Å². The van der Waals surface area contributed by atoms with Gasteiger partial charge in [-0.25, -0.2) is 4.79 Å². The molecule has 1 heterocycles. The second-order valence-electron chi connectivity index (χ2n) is 18.4. The lowest BCUT2D eigenvalue weighted by atomic mass is 9.41. The molecule has 5 saturated carbocycles. The Morgan fingerprint density at radius 1 is 0.932 bits per heavy atom. The van der Waals surface area contributed by atoms with Crippen molar-refractivity contribution in [3.63, 3.8) is 0 Å². The summed E-state index contributed by atoms with van der Waals surface area (Å²) in [5.74, 6) is 3.44. The van der Waals surface area contributed by atoms with E-state index in [1.54, 1.807) is 0 Å². The van der Waals surface area contributed by atoms with Gasteiger partial charge in [-0.3, -0.25) is 0 Å². The van der Waals surface area contributed by atoms with Crippen molar-refractivity contribution in [2.45, 2.75) is 170 Å². The van der Waals surface area contributed by atoms with E-state index in [2.05, 4.69) is 76.2 Å². The Kier molecular flexibility index (Phi) is 8.11. The van der Waals surface area contributed by atoms with Crippen LogP contribution in [0.5, 0.6) is 0 Å². The Labute approximate surface area is 271 Å². The molecule has 0 unspecified atom stereocenters. The zero-order valence-corrected chi connectivity index (χ0v) is 31.3. The van der Waals surface area contributed by atoms with Crippen LogP contribution in [-0.2, 0) is 13.9 Å². The molecule has 1 saturated heterocycles. The second-order valence-corrected chi connectivity index (χ2v) is 23.2. The highest BCUT2D eigenvalue weighted by atomic mass is 28.4. The van der Waals surface area contributed by atoms with Crippen LogP contribution in [0.2, 0.25) is 18.1 Å². The molecular weight excluding hydrogens is 563 g/mol. The largest absolute Gasteiger partial charge is 0.443 e. The van der Waals surface area contributed by atoms with E-state index in [0.29, 0.717) is 34.0 Å². The van der Waals surface area contributed by atoms with Crippen LogP contribution in [0, 0.1) is 62.6 Å². The van der Waals surface area contributed by atoms with Gasteiger partial charge in [0.2, 0.25) is 0 Å². The molecule has 0 bridgehead atoms. The third-order valence-corrected chi connectivity index (χ3v) is 21.5. The van der Waals surface area contributed by atoms with Gasteiger partial charge in [-0.2, -0.15) is 0 Å². The molecule has 1 amide bonds. The van der Waals surface area contributed by atoms with Crippen LogP contribution in [0.15, 0.2) is 0 Å². The molecular formula is C38H67NO4Si. The van der Waals surface area contributed by atoms with E-state index >= 15 is 0 Å². The maximum atomic E-state index is 12.0. The van der Waals surface area contributed by atoms with Gasteiger partial charge in [0, 0.05) is 5.41 Å². The van der Waals surface area contributed by atoms with Crippen molar-refractivity contribution in [1.82, 2.24) is 0 Å². The molecule has 0 aromatic heterocycles. The third kappa shape index (κ3) is 4.16. The minimum Gasteiger partial charge on any atom is -0.443 e.